The van der Waals surface area contributed by atoms with Crippen molar-refractivity contribution in [3.63, 3.8) is 0 Å². The summed E-state index contributed by atoms with van der Waals surface area (Å²) in [6.07, 6.45) is 1.65. The minimum atomic E-state index is -3.61. The van der Waals surface area contributed by atoms with Crippen molar-refractivity contribution in [2.24, 2.45) is 7.05 Å². The van der Waals surface area contributed by atoms with Crippen LogP contribution in [0.2, 0.25) is 0 Å². The molecule has 1 heterocycles. The van der Waals surface area contributed by atoms with Crippen molar-refractivity contribution in [1.82, 2.24) is 9.55 Å². The van der Waals surface area contributed by atoms with Gasteiger partial charge in [-0.2, -0.15) is 0 Å². The Bertz CT molecular complexity index is 1290. The van der Waals surface area contributed by atoms with Gasteiger partial charge in [-0.1, -0.05) is 50.2 Å². The van der Waals surface area contributed by atoms with E-state index < -0.39 is 10.0 Å². The molecule has 0 radical (unpaired) electrons. The Balaban J connectivity index is 1.42. The maximum atomic E-state index is 12.7. The van der Waals surface area contributed by atoms with E-state index in [1.807, 2.05) is 61.6 Å². The molecular formula is C25H27N3O2S. The molecule has 3 aromatic carbocycles. The zero-order chi connectivity index (χ0) is 22.0. The number of sulfonamides is 1. The molecule has 0 aliphatic carbocycles. The molecule has 0 aliphatic rings. The van der Waals surface area contributed by atoms with Gasteiger partial charge >= 0.3 is 0 Å². The predicted octanol–water partition coefficient (Wildman–Crippen LogP) is 5.28. The van der Waals surface area contributed by atoms with Gasteiger partial charge in [0.2, 0.25) is 0 Å². The van der Waals surface area contributed by atoms with Gasteiger partial charge in [0.05, 0.1) is 15.9 Å². The van der Waals surface area contributed by atoms with Gasteiger partial charge in [-0.25, -0.2) is 13.4 Å². The van der Waals surface area contributed by atoms with E-state index in [1.54, 1.807) is 12.1 Å². The number of fused-ring (bicyclic) bond motifs is 1. The van der Waals surface area contributed by atoms with Crippen LogP contribution in [0.4, 0.5) is 5.69 Å². The number of benzene rings is 3. The first-order valence-corrected chi connectivity index (χ1v) is 11.9. The van der Waals surface area contributed by atoms with Gasteiger partial charge in [0.1, 0.15) is 5.82 Å². The van der Waals surface area contributed by atoms with Crippen molar-refractivity contribution in [3.05, 3.63) is 89.7 Å². The van der Waals surface area contributed by atoms with Gasteiger partial charge in [0.15, 0.2) is 0 Å². The van der Waals surface area contributed by atoms with Gasteiger partial charge in [0.25, 0.3) is 10.0 Å². The first kappa shape index (κ1) is 21.1. The number of hydrogen-bond donors (Lipinski definition) is 1. The fourth-order valence-electron chi connectivity index (χ4n) is 3.66. The largest absolute Gasteiger partial charge is 0.331 e. The molecular weight excluding hydrogens is 406 g/mol. The van der Waals surface area contributed by atoms with E-state index in [4.69, 9.17) is 4.98 Å². The molecule has 0 bridgehead atoms. The van der Waals surface area contributed by atoms with E-state index in [0.717, 1.165) is 40.8 Å². The first-order valence-electron chi connectivity index (χ1n) is 10.5. The molecule has 0 saturated carbocycles. The molecule has 4 aromatic rings. The summed E-state index contributed by atoms with van der Waals surface area (Å²) >= 11 is 0. The van der Waals surface area contributed by atoms with Crippen molar-refractivity contribution in [2.45, 2.75) is 37.5 Å². The van der Waals surface area contributed by atoms with Crippen LogP contribution >= 0.6 is 0 Å². The quantitative estimate of drug-likeness (QED) is 0.431. The summed E-state index contributed by atoms with van der Waals surface area (Å²) in [5.41, 5.74) is 4.94. The molecule has 1 N–H and O–H groups in total. The molecule has 1 aromatic heterocycles. The summed E-state index contributed by atoms with van der Waals surface area (Å²) in [6, 6.07) is 22.7. The number of aryl methyl sites for hydroxylation is 3. The number of nitrogens with one attached hydrogen (secondary N) is 1. The highest BCUT2D eigenvalue weighted by Crippen LogP contribution is 2.21. The van der Waals surface area contributed by atoms with E-state index in [9.17, 15) is 8.42 Å². The molecule has 0 amide bonds. The maximum Gasteiger partial charge on any atom is 0.261 e. The molecule has 5 nitrogen and oxygen atoms in total. The smallest absolute Gasteiger partial charge is 0.261 e. The van der Waals surface area contributed by atoms with Crippen LogP contribution in [0.1, 0.15) is 36.7 Å². The highest BCUT2D eigenvalue weighted by molar-refractivity contribution is 7.92. The summed E-state index contributed by atoms with van der Waals surface area (Å²) in [6.45, 7) is 4.17. The second-order valence-corrected chi connectivity index (χ2v) is 9.78. The third-order valence-electron chi connectivity index (χ3n) is 5.58. The molecule has 31 heavy (non-hydrogen) atoms. The fraction of sp³-hybridized carbons (Fsp3) is 0.240. The van der Waals surface area contributed by atoms with Gasteiger partial charge in [-0.05, 0) is 59.9 Å². The molecule has 4 rings (SSSR count). The Labute approximate surface area is 183 Å². The molecule has 0 saturated heterocycles. The predicted molar refractivity (Wildman–Crippen MR) is 126 cm³/mol. The summed E-state index contributed by atoms with van der Waals surface area (Å²) in [4.78, 5) is 4.98. The highest BCUT2D eigenvalue weighted by Gasteiger charge is 2.14. The van der Waals surface area contributed by atoms with Crippen LogP contribution in [0.3, 0.4) is 0 Å². The van der Waals surface area contributed by atoms with E-state index in [0.29, 0.717) is 11.6 Å². The van der Waals surface area contributed by atoms with Crippen molar-refractivity contribution in [3.8, 4) is 0 Å². The standard InChI is InChI=1S/C25H27N3O2S/c1-18(2)20-11-15-22(16-12-20)31(29,30)27-21-13-8-19(9-14-21)10-17-25-26-23-6-4-5-7-24(23)28(25)3/h4-9,11-16,18,27H,10,17H2,1-3H3. The number of nitrogens with zero attached hydrogens (tertiary/aromatic N) is 2. The molecule has 0 fully saturated rings. The number of para-hydroxylation sites is 2. The molecule has 0 aliphatic heterocycles. The number of imidazole rings is 1. The Morgan fingerprint density at radius 2 is 1.58 bits per heavy atom. The monoisotopic (exact) mass is 433 g/mol. The second kappa shape index (κ2) is 8.55. The van der Waals surface area contributed by atoms with E-state index >= 15 is 0 Å². The summed E-state index contributed by atoms with van der Waals surface area (Å²) < 4.78 is 30.2. The zero-order valence-electron chi connectivity index (χ0n) is 18.0. The first-order chi connectivity index (χ1) is 14.8. The minimum Gasteiger partial charge on any atom is -0.331 e. The molecule has 160 valence electrons. The number of hydrogen-bond acceptors (Lipinski definition) is 3. The van der Waals surface area contributed by atoms with E-state index in [-0.39, 0.29) is 4.90 Å². The Morgan fingerprint density at radius 1 is 0.903 bits per heavy atom. The van der Waals surface area contributed by atoms with Crippen LogP contribution < -0.4 is 4.72 Å². The van der Waals surface area contributed by atoms with Crippen molar-refractivity contribution >= 4 is 26.7 Å². The lowest BCUT2D eigenvalue weighted by Gasteiger charge is -2.11. The van der Waals surface area contributed by atoms with Crippen LogP contribution in [0.5, 0.6) is 0 Å². The van der Waals surface area contributed by atoms with Crippen molar-refractivity contribution in [2.75, 3.05) is 4.72 Å². The third kappa shape index (κ3) is 4.64. The molecule has 6 heteroatoms. The lowest BCUT2D eigenvalue weighted by atomic mass is 10.0. The minimum absolute atomic E-state index is 0.267. The van der Waals surface area contributed by atoms with Crippen LogP contribution in [-0.4, -0.2) is 18.0 Å². The second-order valence-electron chi connectivity index (χ2n) is 8.10. The number of rotatable bonds is 7. The Kier molecular flexibility index (Phi) is 5.83. The van der Waals surface area contributed by atoms with Crippen LogP contribution in [0.15, 0.2) is 77.7 Å². The van der Waals surface area contributed by atoms with Gasteiger partial charge in [-0.3, -0.25) is 4.72 Å². The lowest BCUT2D eigenvalue weighted by molar-refractivity contribution is 0.601. The van der Waals surface area contributed by atoms with E-state index in [1.165, 1.54) is 0 Å². The average molecular weight is 434 g/mol. The summed E-state index contributed by atoms with van der Waals surface area (Å²) in [7, 11) is -1.57. The summed E-state index contributed by atoms with van der Waals surface area (Å²) in [5.74, 6) is 1.40. The fourth-order valence-corrected chi connectivity index (χ4v) is 4.72. The van der Waals surface area contributed by atoms with Crippen molar-refractivity contribution in [1.29, 1.82) is 0 Å². The Morgan fingerprint density at radius 3 is 2.23 bits per heavy atom. The topological polar surface area (TPSA) is 64.0 Å². The Hall–Kier alpha value is -3.12. The van der Waals surface area contributed by atoms with E-state index in [2.05, 4.69) is 29.2 Å². The van der Waals surface area contributed by atoms with Crippen LogP contribution in [0, 0.1) is 0 Å². The third-order valence-corrected chi connectivity index (χ3v) is 6.98. The zero-order valence-corrected chi connectivity index (χ0v) is 18.9. The SMILES string of the molecule is CC(C)c1ccc(S(=O)(=O)Nc2ccc(CCc3nc4ccccc4n3C)cc2)cc1. The normalized spacial score (nSPS) is 11.9. The lowest BCUT2D eigenvalue weighted by Crippen LogP contribution is -2.13. The molecule has 0 spiro atoms. The maximum absolute atomic E-state index is 12.7. The number of aromatic nitrogens is 2. The summed E-state index contributed by atoms with van der Waals surface area (Å²) in [5, 5.41) is 0. The van der Waals surface area contributed by atoms with Gasteiger partial charge < -0.3 is 4.57 Å². The highest BCUT2D eigenvalue weighted by atomic mass is 32.2. The molecule has 0 unspecified atom stereocenters. The van der Waals surface area contributed by atoms with Crippen molar-refractivity contribution < 1.29 is 8.42 Å². The molecule has 0 atom stereocenters. The van der Waals surface area contributed by atoms with Crippen LogP contribution in [-0.2, 0) is 29.9 Å². The van der Waals surface area contributed by atoms with Crippen LogP contribution in [0.25, 0.3) is 11.0 Å². The number of anilines is 1. The average Bonchev–Trinajstić information content (AvgIpc) is 3.09. The van der Waals surface area contributed by atoms with Gasteiger partial charge in [-0.15, -0.1) is 0 Å². The van der Waals surface area contributed by atoms with Gasteiger partial charge in [0, 0.05) is 19.2 Å².